The molecule has 1 aliphatic rings. The van der Waals surface area contributed by atoms with Crippen LogP contribution in [0.15, 0.2) is 24.5 Å². The Morgan fingerprint density at radius 3 is 3.00 bits per heavy atom. The zero-order valence-electron chi connectivity index (χ0n) is 9.60. The van der Waals surface area contributed by atoms with Crippen molar-refractivity contribution in [2.75, 3.05) is 32.7 Å². The van der Waals surface area contributed by atoms with E-state index in [1.807, 2.05) is 12.4 Å². The van der Waals surface area contributed by atoms with Gasteiger partial charge in [0.05, 0.1) is 0 Å². The SMILES string of the molecule is NCC1CNCCN1CCc1ccncc1. The van der Waals surface area contributed by atoms with Crippen molar-refractivity contribution in [1.29, 1.82) is 0 Å². The van der Waals surface area contributed by atoms with Crippen LogP contribution in [0.4, 0.5) is 0 Å². The summed E-state index contributed by atoms with van der Waals surface area (Å²) in [6, 6.07) is 4.66. The van der Waals surface area contributed by atoms with E-state index in [2.05, 4.69) is 27.3 Å². The highest BCUT2D eigenvalue weighted by atomic mass is 15.2. The van der Waals surface area contributed by atoms with Crippen LogP contribution in [-0.2, 0) is 6.42 Å². The summed E-state index contributed by atoms with van der Waals surface area (Å²) in [5.41, 5.74) is 7.12. The van der Waals surface area contributed by atoms with E-state index in [0.29, 0.717) is 6.04 Å². The quantitative estimate of drug-likeness (QED) is 0.741. The lowest BCUT2D eigenvalue weighted by Gasteiger charge is -2.35. The van der Waals surface area contributed by atoms with Crippen molar-refractivity contribution < 1.29 is 0 Å². The zero-order chi connectivity index (χ0) is 11.2. The molecule has 0 aliphatic carbocycles. The molecule has 88 valence electrons. The lowest BCUT2D eigenvalue weighted by atomic mass is 10.1. The number of pyridine rings is 1. The van der Waals surface area contributed by atoms with E-state index in [1.165, 1.54) is 5.56 Å². The second-order valence-electron chi connectivity index (χ2n) is 4.24. The van der Waals surface area contributed by atoms with E-state index in [-0.39, 0.29) is 0 Å². The molecule has 1 fully saturated rings. The van der Waals surface area contributed by atoms with Gasteiger partial charge >= 0.3 is 0 Å². The molecule has 16 heavy (non-hydrogen) atoms. The van der Waals surface area contributed by atoms with E-state index in [9.17, 15) is 0 Å². The van der Waals surface area contributed by atoms with Crippen LogP contribution in [0.1, 0.15) is 5.56 Å². The molecule has 0 radical (unpaired) electrons. The standard InChI is InChI=1S/C12H20N4/c13-9-12-10-15-6-8-16(12)7-3-11-1-4-14-5-2-11/h1-2,4-5,12,15H,3,6-10,13H2. The lowest BCUT2D eigenvalue weighted by Crippen LogP contribution is -2.54. The first-order chi connectivity index (χ1) is 7.90. The molecule has 1 aromatic rings. The predicted octanol–water partition coefficient (Wildman–Crippen LogP) is -0.143. The number of hydrogen-bond donors (Lipinski definition) is 2. The van der Waals surface area contributed by atoms with Gasteiger partial charge in [-0.05, 0) is 24.1 Å². The number of piperazine rings is 1. The Labute approximate surface area is 96.8 Å². The molecule has 2 rings (SSSR count). The van der Waals surface area contributed by atoms with Crippen molar-refractivity contribution in [1.82, 2.24) is 15.2 Å². The molecule has 4 nitrogen and oxygen atoms in total. The molecule has 0 amide bonds. The Morgan fingerprint density at radius 2 is 2.25 bits per heavy atom. The van der Waals surface area contributed by atoms with E-state index in [0.717, 1.165) is 39.1 Å². The molecule has 3 N–H and O–H groups in total. The predicted molar refractivity (Wildman–Crippen MR) is 65.2 cm³/mol. The molecule has 1 saturated heterocycles. The third kappa shape index (κ3) is 3.01. The van der Waals surface area contributed by atoms with E-state index in [1.54, 1.807) is 0 Å². The summed E-state index contributed by atoms with van der Waals surface area (Å²) < 4.78 is 0. The van der Waals surface area contributed by atoms with Crippen LogP contribution in [-0.4, -0.2) is 48.6 Å². The molecule has 1 aromatic heterocycles. The number of nitrogens with zero attached hydrogens (tertiary/aromatic N) is 2. The van der Waals surface area contributed by atoms with Crippen LogP contribution in [0, 0.1) is 0 Å². The van der Waals surface area contributed by atoms with Gasteiger partial charge in [-0.3, -0.25) is 9.88 Å². The summed E-state index contributed by atoms with van der Waals surface area (Å²) in [6.45, 7) is 5.03. The van der Waals surface area contributed by atoms with E-state index in [4.69, 9.17) is 5.73 Å². The van der Waals surface area contributed by atoms with E-state index < -0.39 is 0 Å². The molecule has 2 heterocycles. The van der Waals surface area contributed by atoms with Crippen LogP contribution in [0.3, 0.4) is 0 Å². The molecule has 0 bridgehead atoms. The van der Waals surface area contributed by atoms with Gasteiger partial charge < -0.3 is 11.1 Å². The number of aromatic nitrogens is 1. The Kier molecular flexibility index (Phi) is 4.27. The Balaban J connectivity index is 1.84. The minimum Gasteiger partial charge on any atom is -0.329 e. The van der Waals surface area contributed by atoms with Crippen molar-refractivity contribution >= 4 is 0 Å². The molecule has 0 saturated carbocycles. The minimum absolute atomic E-state index is 0.496. The normalized spacial score (nSPS) is 22.2. The fraction of sp³-hybridized carbons (Fsp3) is 0.583. The van der Waals surface area contributed by atoms with Crippen LogP contribution >= 0.6 is 0 Å². The average molecular weight is 220 g/mol. The first-order valence-corrected chi connectivity index (χ1v) is 5.94. The summed E-state index contributed by atoms with van der Waals surface area (Å²) in [7, 11) is 0. The summed E-state index contributed by atoms with van der Waals surface area (Å²) in [5.74, 6) is 0. The van der Waals surface area contributed by atoms with Gasteiger partial charge in [0.25, 0.3) is 0 Å². The number of hydrogen-bond acceptors (Lipinski definition) is 4. The second-order valence-corrected chi connectivity index (χ2v) is 4.24. The summed E-state index contributed by atoms with van der Waals surface area (Å²) in [4.78, 5) is 6.51. The highest BCUT2D eigenvalue weighted by molar-refractivity contribution is 5.10. The van der Waals surface area contributed by atoms with Crippen molar-refractivity contribution in [2.45, 2.75) is 12.5 Å². The first kappa shape index (κ1) is 11.5. The largest absolute Gasteiger partial charge is 0.329 e. The van der Waals surface area contributed by atoms with Gasteiger partial charge in [-0.2, -0.15) is 0 Å². The Hall–Kier alpha value is -0.970. The average Bonchev–Trinajstić information content (AvgIpc) is 2.38. The molecular formula is C12H20N4. The van der Waals surface area contributed by atoms with Gasteiger partial charge in [0.2, 0.25) is 0 Å². The summed E-state index contributed by atoms with van der Waals surface area (Å²) in [6.07, 6.45) is 4.79. The van der Waals surface area contributed by atoms with Crippen LogP contribution in [0.5, 0.6) is 0 Å². The maximum atomic E-state index is 5.77. The third-order valence-electron chi connectivity index (χ3n) is 3.18. The molecular weight excluding hydrogens is 200 g/mol. The topological polar surface area (TPSA) is 54.2 Å². The number of nitrogens with one attached hydrogen (secondary N) is 1. The molecule has 1 aliphatic heterocycles. The number of rotatable bonds is 4. The first-order valence-electron chi connectivity index (χ1n) is 5.94. The highest BCUT2D eigenvalue weighted by Crippen LogP contribution is 2.05. The van der Waals surface area contributed by atoms with Gasteiger partial charge in [-0.25, -0.2) is 0 Å². The van der Waals surface area contributed by atoms with Crippen molar-refractivity contribution in [3.05, 3.63) is 30.1 Å². The second kappa shape index (κ2) is 5.94. The van der Waals surface area contributed by atoms with Gasteiger partial charge in [0.1, 0.15) is 0 Å². The summed E-state index contributed by atoms with van der Waals surface area (Å²) in [5, 5.41) is 3.38. The monoisotopic (exact) mass is 220 g/mol. The van der Waals surface area contributed by atoms with Crippen LogP contribution in [0.2, 0.25) is 0 Å². The van der Waals surface area contributed by atoms with Gasteiger partial charge in [-0.15, -0.1) is 0 Å². The van der Waals surface area contributed by atoms with Crippen LogP contribution < -0.4 is 11.1 Å². The fourth-order valence-corrected chi connectivity index (χ4v) is 2.15. The smallest absolute Gasteiger partial charge is 0.0343 e. The maximum Gasteiger partial charge on any atom is 0.0343 e. The van der Waals surface area contributed by atoms with E-state index >= 15 is 0 Å². The third-order valence-corrected chi connectivity index (χ3v) is 3.18. The van der Waals surface area contributed by atoms with Crippen molar-refractivity contribution in [3.8, 4) is 0 Å². The minimum atomic E-state index is 0.496. The van der Waals surface area contributed by atoms with Crippen molar-refractivity contribution in [3.63, 3.8) is 0 Å². The molecule has 1 atom stereocenters. The van der Waals surface area contributed by atoms with Gasteiger partial charge in [0.15, 0.2) is 0 Å². The molecule has 1 unspecified atom stereocenters. The maximum absolute atomic E-state index is 5.77. The van der Waals surface area contributed by atoms with Crippen molar-refractivity contribution in [2.24, 2.45) is 5.73 Å². The molecule has 0 spiro atoms. The van der Waals surface area contributed by atoms with Gasteiger partial charge in [0, 0.05) is 51.2 Å². The summed E-state index contributed by atoms with van der Waals surface area (Å²) >= 11 is 0. The number of nitrogens with two attached hydrogens (primary N) is 1. The zero-order valence-corrected chi connectivity index (χ0v) is 9.60. The molecule has 4 heteroatoms. The Bertz CT molecular complexity index is 301. The fourth-order valence-electron chi connectivity index (χ4n) is 2.15. The highest BCUT2D eigenvalue weighted by Gasteiger charge is 2.19. The Morgan fingerprint density at radius 1 is 1.44 bits per heavy atom. The molecule has 0 aromatic carbocycles. The van der Waals surface area contributed by atoms with Crippen LogP contribution in [0.25, 0.3) is 0 Å². The lowest BCUT2D eigenvalue weighted by molar-refractivity contribution is 0.168. The van der Waals surface area contributed by atoms with Gasteiger partial charge in [-0.1, -0.05) is 0 Å².